The number of hydrogen-bond acceptors (Lipinski definition) is 4. The Morgan fingerprint density at radius 2 is 2.38 bits per heavy atom. The van der Waals surface area contributed by atoms with E-state index in [1.54, 1.807) is 11.6 Å². The fourth-order valence-corrected chi connectivity index (χ4v) is 2.55. The van der Waals surface area contributed by atoms with Crippen LogP contribution in [-0.4, -0.2) is 30.6 Å². The second kappa shape index (κ2) is 4.15. The first kappa shape index (κ1) is 11.6. The molecule has 1 saturated carbocycles. The number of sulfonamides is 1. The fraction of sp³-hybridized carbons (Fsp3) is 0.667. The molecule has 1 aliphatic carbocycles. The molecule has 0 spiro atoms. The summed E-state index contributed by atoms with van der Waals surface area (Å²) < 4.78 is 27.6. The van der Waals surface area contributed by atoms with Crippen molar-refractivity contribution >= 4 is 10.0 Å². The summed E-state index contributed by atoms with van der Waals surface area (Å²) in [6.45, 7) is 0.281. The predicted molar refractivity (Wildman–Crippen MR) is 59.1 cm³/mol. The molecule has 7 heteroatoms. The lowest BCUT2D eigenvalue weighted by molar-refractivity contribution is 0.545. The number of hydrogen-bond donors (Lipinski definition) is 2. The van der Waals surface area contributed by atoms with Crippen LogP contribution in [0, 0.1) is 5.92 Å². The van der Waals surface area contributed by atoms with Gasteiger partial charge in [0.05, 0.1) is 6.33 Å². The minimum atomic E-state index is -3.50. The molecule has 0 radical (unpaired) electrons. The number of nitrogens with zero attached hydrogens (tertiary/aromatic N) is 2. The first-order chi connectivity index (χ1) is 7.49. The van der Waals surface area contributed by atoms with Gasteiger partial charge in [-0.15, -0.1) is 0 Å². The fourth-order valence-electron chi connectivity index (χ4n) is 1.50. The number of rotatable bonds is 5. The molecule has 1 aromatic rings. The summed E-state index contributed by atoms with van der Waals surface area (Å²) in [4.78, 5) is 3.80. The smallest absolute Gasteiger partial charge is 0.259 e. The Bertz CT molecular complexity index is 464. The Hall–Kier alpha value is -0.920. The summed E-state index contributed by atoms with van der Waals surface area (Å²) in [5, 5.41) is 0.0398. The molecular formula is C9H16N4O2S. The van der Waals surface area contributed by atoms with Crippen LogP contribution in [0.4, 0.5) is 0 Å². The van der Waals surface area contributed by atoms with E-state index in [1.807, 2.05) is 0 Å². The van der Waals surface area contributed by atoms with Crippen molar-refractivity contribution in [2.45, 2.75) is 23.9 Å². The largest absolute Gasteiger partial charge is 0.339 e. The quantitative estimate of drug-likeness (QED) is 0.726. The third kappa shape index (κ3) is 2.60. The molecule has 1 fully saturated rings. The molecule has 1 aliphatic rings. The topological polar surface area (TPSA) is 90.0 Å². The average Bonchev–Trinajstić information content (AvgIpc) is 2.98. The Labute approximate surface area is 94.9 Å². The standard InChI is InChI=1S/C9H16N4O2S/c1-13-5-9(11-6-13)16(14,15)12-4-8(10)7-2-3-7/h5-8,12H,2-4,10H2,1H3. The van der Waals surface area contributed by atoms with Gasteiger partial charge in [0.2, 0.25) is 0 Å². The lowest BCUT2D eigenvalue weighted by Crippen LogP contribution is -2.38. The van der Waals surface area contributed by atoms with Gasteiger partial charge in [0, 0.05) is 25.8 Å². The maximum atomic E-state index is 11.8. The van der Waals surface area contributed by atoms with Gasteiger partial charge in [-0.3, -0.25) is 0 Å². The zero-order chi connectivity index (χ0) is 11.8. The Balaban J connectivity index is 1.97. The molecule has 0 saturated heterocycles. The number of imidazole rings is 1. The Kier molecular flexibility index (Phi) is 3.00. The van der Waals surface area contributed by atoms with Crippen molar-refractivity contribution in [1.82, 2.24) is 14.3 Å². The van der Waals surface area contributed by atoms with Crippen LogP contribution in [0.25, 0.3) is 0 Å². The highest BCUT2D eigenvalue weighted by molar-refractivity contribution is 7.89. The summed E-state index contributed by atoms with van der Waals surface area (Å²) in [5.74, 6) is 0.478. The van der Waals surface area contributed by atoms with Crippen LogP contribution in [0.15, 0.2) is 17.6 Å². The number of nitrogens with one attached hydrogen (secondary N) is 1. The Morgan fingerprint density at radius 3 is 2.88 bits per heavy atom. The van der Waals surface area contributed by atoms with Crippen LogP contribution >= 0.6 is 0 Å². The highest BCUT2D eigenvalue weighted by atomic mass is 32.2. The highest BCUT2D eigenvalue weighted by Gasteiger charge is 2.29. The second-order valence-electron chi connectivity index (χ2n) is 4.23. The van der Waals surface area contributed by atoms with Crippen LogP contribution in [-0.2, 0) is 17.1 Å². The van der Waals surface area contributed by atoms with Crippen molar-refractivity contribution in [2.24, 2.45) is 18.7 Å². The van der Waals surface area contributed by atoms with Gasteiger partial charge in [0.25, 0.3) is 10.0 Å². The van der Waals surface area contributed by atoms with E-state index in [9.17, 15) is 8.42 Å². The van der Waals surface area contributed by atoms with E-state index < -0.39 is 10.0 Å². The molecule has 2 rings (SSSR count). The first-order valence-corrected chi connectivity index (χ1v) is 6.70. The Morgan fingerprint density at radius 1 is 1.69 bits per heavy atom. The van der Waals surface area contributed by atoms with Gasteiger partial charge in [-0.25, -0.2) is 18.1 Å². The van der Waals surface area contributed by atoms with Gasteiger partial charge in [-0.2, -0.15) is 0 Å². The van der Waals surface area contributed by atoms with E-state index in [0.717, 1.165) is 12.8 Å². The summed E-state index contributed by atoms with van der Waals surface area (Å²) in [5.41, 5.74) is 5.82. The highest BCUT2D eigenvalue weighted by Crippen LogP contribution is 2.31. The molecule has 0 amide bonds. The summed E-state index contributed by atoms with van der Waals surface area (Å²) in [7, 11) is -1.78. The van der Waals surface area contributed by atoms with Crippen molar-refractivity contribution in [1.29, 1.82) is 0 Å². The van der Waals surface area contributed by atoms with Gasteiger partial charge in [0.15, 0.2) is 5.03 Å². The van der Waals surface area contributed by atoms with Gasteiger partial charge < -0.3 is 10.3 Å². The molecule has 0 aromatic carbocycles. The molecule has 1 aromatic heterocycles. The summed E-state index contributed by atoms with van der Waals surface area (Å²) in [6.07, 6.45) is 5.12. The van der Waals surface area contributed by atoms with Crippen molar-refractivity contribution in [3.63, 3.8) is 0 Å². The van der Waals surface area contributed by atoms with Crippen LogP contribution in [0.2, 0.25) is 0 Å². The molecule has 1 heterocycles. The van der Waals surface area contributed by atoms with E-state index in [4.69, 9.17) is 5.73 Å². The van der Waals surface area contributed by atoms with Gasteiger partial charge >= 0.3 is 0 Å². The number of aryl methyl sites for hydroxylation is 1. The number of aromatic nitrogens is 2. The average molecular weight is 244 g/mol. The normalized spacial score (nSPS) is 18.6. The minimum Gasteiger partial charge on any atom is -0.339 e. The van der Waals surface area contributed by atoms with Crippen molar-refractivity contribution in [2.75, 3.05) is 6.54 Å². The van der Waals surface area contributed by atoms with Crippen LogP contribution in [0.3, 0.4) is 0 Å². The summed E-state index contributed by atoms with van der Waals surface area (Å²) in [6, 6.07) is -0.0847. The van der Waals surface area contributed by atoms with Crippen molar-refractivity contribution in [3.8, 4) is 0 Å². The third-order valence-electron chi connectivity index (χ3n) is 2.69. The second-order valence-corrected chi connectivity index (χ2v) is 5.94. The molecule has 1 unspecified atom stereocenters. The van der Waals surface area contributed by atoms with Gasteiger partial charge in [-0.1, -0.05) is 0 Å². The van der Waals surface area contributed by atoms with E-state index in [-0.39, 0.29) is 17.6 Å². The van der Waals surface area contributed by atoms with E-state index in [2.05, 4.69) is 9.71 Å². The number of nitrogens with two attached hydrogens (primary N) is 1. The third-order valence-corrected chi connectivity index (χ3v) is 4.00. The molecule has 0 bridgehead atoms. The van der Waals surface area contributed by atoms with Crippen LogP contribution in [0.1, 0.15) is 12.8 Å². The van der Waals surface area contributed by atoms with Gasteiger partial charge in [-0.05, 0) is 18.8 Å². The summed E-state index contributed by atoms with van der Waals surface area (Å²) >= 11 is 0. The van der Waals surface area contributed by atoms with Gasteiger partial charge in [0.1, 0.15) is 0 Å². The molecule has 6 nitrogen and oxygen atoms in total. The molecule has 1 atom stereocenters. The van der Waals surface area contributed by atoms with Crippen LogP contribution in [0.5, 0.6) is 0 Å². The van der Waals surface area contributed by atoms with E-state index >= 15 is 0 Å². The van der Waals surface area contributed by atoms with E-state index in [0.29, 0.717) is 5.92 Å². The first-order valence-electron chi connectivity index (χ1n) is 5.22. The maximum absolute atomic E-state index is 11.8. The zero-order valence-corrected chi connectivity index (χ0v) is 9.94. The maximum Gasteiger partial charge on any atom is 0.259 e. The van der Waals surface area contributed by atoms with Crippen LogP contribution < -0.4 is 10.5 Å². The molecule has 16 heavy (non-hydrogen) atoms. The predicted octanol–water partition coefficient (Wildman–Crippen LogP) is -0.564. The molecule has 0 aliphatic heterocycles. The minimum absolute atomic E-state index is 0.0398. The zero-order valence-electron chi connectivity index (χ0n) is 9.13. The SMILES string of the molecule is Cn1cnc(S(=O)(=O)NCC(N)C2CC2)c1. The molecule has 3 N–H and O–H groups in total. The molecule has 90 valence electrons. The lowest BCUT2D eigenvalue weighted by Gasteiger charge is -2.10. The van der Waals surface area contributed by atoms with E-state index in [1.165, 1.54) is 12.5 Å². The van der Waals surface area contributed by atoms with Crippen molar-refractivity contribution < 1.29 is 8.42 Å². The van der Waals surface area contributed by atoms with Crippen molar-refractivity contribution in [3.05, 3.63) is 12.5 Å². The molecular weight excluding hydrogens is 228 g/mol. The lowest BCUT2D eigenvalue weighted by atomic mass is 10.2. The monoisotopic (exact) mass is 244 g/mol.